The van der Waals surface area contributed by atoms with Crippen molar-refractivity contribution in [3.63, 3.8) is 0 Å². The first-order chi connectivity index (χ1) is 18.3. The minimum Gasteiger partial charge on any atom is -0.508 e. The predicted molar refractivity (Wildman–Crippen MR) is 154 cm³/mol. The van der Waals surface area contributed by atoms with Crippen molar-refractivity contribution in [1.82, 2.24) is 4.57 Å². The third-order valence-electron chi connectivity index (χ3n) is 6.88. The molecule has 0 amide bonds. The molecule has 4 aromatic rings. The number of aryl methyl sites for hydroxylation is 1. The van der Waals surface area contributed by atoms with Gasteiger partial charge in [-0.15, -0.1) is 0 Å². The van der Waals surface area contributed by atoms with Crippen LogP contribution in [-0.4, -0.2) is 41.3 Å². The number of rotatable bonds is 13. The molecule has 0 atom stereocenters. The Morgan fingerprint density at radius 3 is 2.16 bits per heavy atom. The zero-order valence-electron chi connectivity index (χ0n) is 22.2. The molecule has 1 heterocycles. The van der Waals surface area contributed by atoms with Crippen LogP contribution < -0.4 is 4.74 Å². The highest BCUT2D eigenvalue weighted by Gasteiger charge is 2.17. The molecule has 2 N–H and O–H groups in total. The van der Waals surface area contributed by atoms with E-state index in [-0.39, 0.29) is 23.0 Å². The molecule has 7 heteroatoms. The van der Waals surface area contributed by atoms with Crippen molar-refractivity contribution in [2.24, 2.45) is 0 Å². The lowest BCUT2D eigenvalue weighted by Crippen LogP contribution is -2.12. The van der Waals surface area contributed by atoms with Gasteiger partial charge in [0.25, 0.3) is 0 Å². The lowest BCUT2D eigenvalue weighted by atomic mass is 10.1. The number of ether oxygens (including phenoxy) is 1. The van der Waals surface area contributed by atoms with Crippen molar-refractivity contribution >= 4 is 20.7 Å². The summed E-state index contributed by atoms with van der Waals surface area (Å²) in [5, 5.41) is 20.8. The van der Waals surface area contributed by atoms with Crippen LogP contribution in [0.5, 0.6) is 17.2 Å². The summed E-state index contributed by atoms with van der Waals surface area (Å²) in [5.41, 5.74) is 5.21. The zero-order valence-corrected chi connectivity index (χ0v) is 23.0. The zero-order chi connectivity index (χ0) is 27.1. The van der Waals surface area contributed by atoms with Crippen LogP contribution in [0.25, 0.3) is 22.2 Å². The second kappa shape index (κ2) is 12.4. The largest absolute Gasteiger partial charge is 0.508 e. The number of hydrogen-bond donors (Lipinski definition) is 2. The summed E-state index contributed by atoms with van der Waals surface area (Å²) < 4.78 is 32.3. The van der Waals surface area contributed by atoms with E-state index in [1.807, 2.05) is 49.4 Å². The van der Waals surface area contributed by atoms with Crippen LogP contribution in [0.4, 0.5) is 0 Å². The van der Waals surface area contributed by atoms with Crippen LogP contribution in [0, 0.1) is 6.92 Å². The molecular formula is C31H37NO5S. The molecule has 0 aliphatic carbocycles. The molecule has 1 aromatic heterocycles. The van der Waals surface area contributed by atoms with E-state index >= 15 is 0 Å². The highest BCUT2D eigenvalue weighted by Crippen LogP contribution is 2.36. The van der Waals surface area contributed by atoms with E-state index in [9.17, 15) is 18.6 Å². The maximum atomic E-state index is 12.1. The van der Waals surface area contributed by atoms with Gasteiger partial charge in [0.15, 0.2) is 0 Å². The van der Waals surface area contributed by atoms with Crippen LogP contribution >= 0.6 is 0 Å². The van der Waals surface area contributed by atoms with Crippen molar-refractivity contribution < 1.29 is 23.4 Å². The number of hydrogen-bond acceptors (Lipinski definition) is 5. The van der Waals surface area contributed by atoms with Crippen molar-refractivity contribution in [2.45, 2.75) is 52.5 Å². The molecule has 6 nitrogen and oxygen atoms in total. The predicted octanol–water partition coefficient (Wildman–Crippen LogP) is 6.84. The molecule has 4 rings (SSSR count). The van der Waals surface area contributed by atoms with Crippen LogP contribution in [0.15, 0.2) is 66.7 Å². The van der Waals surface area contributed by atoms with Gasteiger partial charge < -0.3 is 19.5 Å². The summed E-state index contributed by atoms with van der Waals surface area (Å²) in [6.07, 6.45) is 4.04. The van der Waals surface area contributed by atoms with E-state index < -0.39 is 9.84 Å². The van der Waals surface area contributed by atoms with Crippen molar-refractivity contribution in [3.8, 4) is 28.5 Å². The first kappa shape index (κ1) is 27.6. The van der Waals surface area contributed by atoms with Gasteiger partial charge in [-0.05, 0) is 97.5 Å². The fraction of sp³-hybridized carbons (Fsp3) is 0.355. The number of aromatic nitrogens is 1. The van der Waals surface area contributed by atoms with E-state index in [4.69, 9.17) is 4.74 Å². The van der Waals surface area contributed by atoms with Crippen LogP contribution in [0.2, 0.25) is 0 Å². The minimum atomic E-state index is -2.96. The molecule has 0 saturated heterocycles. The van der Waals surface area contributed by atoms with Gasteiger partial charge in [-0.2, -0.15) is 0 Å². The van der Waals surface area contributed by atoms with E-state index in [0.29, 0.717) is 26.0 Å². The Hall–Kier alpha value is -3.45. The van der Waals surface area contributed by atoms with E-state index in [1.54, 1.807) is 24.3 Å². The summed E-state index contributed by atoms with van der Waals surface area (Å²) in [7, 11) is -2.96. The number of phenolic OH excluding ortho intramolecular Hbond substituents is 2. The highest BCUT2D eigenvalue weighted by atomic mass is 32.2. The molecule has 3 aromatic carbocycles. The molecule has 0 aliphatic heterocycles. The van der Waals surface area contributed by atoms with Gasteiger partial charge in [0.2, 0.25) is 0 Å². The Kier molecular flexibility index (Phi) is 9.00. The molecule has 0 bridgehead atoms. The lowest BCUT2D eigenvalue weighted by molar-refractivity contribution is 0.309. The third-order valence-corrected chi connectivity index (χ3v) is 8.70. The van der Waals surface area contributed by atoms with Gasteiger partial charge in [0, 0.05) is 17.4 Å². The number of fused-ring (bicyclic) bond motifs is 1. The molecule has 0 spiro atoms. The summed E-state index contributed by atoms with van der Waals surface area (Å²) in [6.45, 7) is 5.23. The average molecular weight is 536 g/mol. The monoisotopic (exact) mass is 535 g/mol. The Morgan fingerprint density at radius 2 is 1.47 bits per heavy atom. The maximum absolute atomic E-state index is 12.1. The molecule has 0 fully saturated rings. The standard InChI is InChI=1S/C31H37NO5S/c1-3-4-6-19-38(35,36)20-7-5-18-37-28-15-8-24(9-16-28)22-32-30-17-14-27(34)21-29(30)23(2)31(32)25-10-12-26(33)13-11-25/h8-17,21,33-34H,3-7,18-20,22H2,1-2H3. The van der Waals surface area contributed by atoms with Gasteiger partial charge in [-0.3, -0.25) is 0 Å². The van der Waals surface area contributed by atoms with Gasteiger partial charge in [-0.1, -0.05) is 31.9 Å². The van der Waals surface area contributed by atoms with Crippen molar-refractivity contribution in [2.75, 3.05) is 18.1 Å². The van der Waals surface area contributed by atoms with Crippen LogP contribution in [0.3, 0.4) is 0 Å². The fourth-order valence-corrected chi connectivity index (χ4v) is 6.32. The van der Waals surface area contributed by atoms with Gasteiger partial charge in [0.1, 0.15) is 27.1 Å². The quantitative estimate of drug-likeness (QED) is 0.183. The molecule has 0 radical (unpaired) electrons. The molecule has 0 saturated carbocycles. The van der Waals surface area contributed by atoms with Crippen LogP contribution in [-0.2, 0) is 16.4 Å². The molecule has 202 valence electrons. The molecular weight excluding hydrogens is 498 g/mol. The SMILES string of the molecule is CCCCCS(=O)(=O)CCCCOc1ccc(Cn2c(-c3ccc(O)cc3)c(C)c3cc(O)ccc32)cc1. The van der Waals surface area contributed by atoms with Gasteiger partial charge >= 0.3 is 0 Å². The summed E-state index contributed by atoms with van der Waals surface area (Å²) in [6, 6.07) is 20.6. The molecule has 38 heavy (non-hydrogen) atoms. The summed E-state index contributed by atoms with van der Waals surface area (Å²) in [5.74, 6) is 1.72. The Morgan fingerprint density at radius 1 is 0.816 bits per heavy atom. The Labute approximate surface area is 225 Å². The maximum Gasteiger partial charge on any atom is 0.150 e. The molecule has 0 aliphatic rings. The lowest BCUT2D eigenvalue weighted by Gasteiger charge is -2.13. The first-order valence-electron chi connectivity index (χ1n) is 13.3. The Bertz CT molecular complexity index is 1460. The highest BCUT2D eigenvalue weighted by molar-refractivity contribution is 7.91. The van der Waals surface area contributed by atoms with Crippen molar-refractivity contribution in [1.29, 1.82) is 0 Å². The smallest absolute Gasteiger partial charge is 0.150 e. The number of unbranched alkanes of at least 4 members (excludes halogenated alkanes) is 3. The number of nitrogens with zero attached hydrogens (tertiary/aromatic N) is 1. The second-order valence-corrected chi connectivity index (χ2v) is 12.2. The Balaban J connectivity index is 1.42. The average Bonchev–Trinajstić information content (AvgIpc) is 3.15. The normalized spacial score (nSPS) is 11.7. The topological polar surface area (TPSA) is 88.8 Å². The van der Waals surface area contributed by atoms with Crippen molar-refractivity contribution in [3.05, 3.63) is 77.9 Å². The van der Waals surface area contributed by atoms with Crippen LogP contribution in [0.1, 0.15) is 50.2 Å². The third kappa shape index (κ3) is 6.90. The molecule has 0 unspecified atom stereocenters. The van der Waals surface area contributed by atoms with E-state index in [2.05, 4.69) is 11.5 Å². The van der Waals surface area contributed by atoms with Gasteiger partial charge in [0.05, 0.1) is 23.8 Å². The minimum absolute atomic E-state index is 0.218. The number of sulfone groups is 1. The number of benzene rings is 3. The first-order valence-corrected chi connectivity index (χ1v) is 15.1. The number of phenols is 2. The summed E-state index contributed by atoms with van der Waals surface area (Å²) >= 11 is 0. The fourth-order valence-electron chi connectivity index (χ4n) is 4.83. The second-order valence-electron chi connectivity index (χ2n) is 9.87. The van der Waals surface area contributed by atoms with E-state index in [0.717, 1.165) is 58.3 Å². The number of aromatic hydroxyl groups is 2. The van der Waals surface area contributed by atoms with Gasteiger partial charge in [-0.25, -0.2) is 8.42 Å². The van der Waals surface area contributed by atoms with E-state index in [1.165, 1.54) is 0 Å². The summed E-state index contributed by atoms with van der Waals surface area (Å²) in [4.78, 5) is 0.